The molecule has 1 N–H and O–H groups in total. The van der Waals surface area contributed by atoms with Crippen molar-refractivity contribution in [1.29, 1.82) is 0 Å². The van der Waals surface area contributed by atoms with Crippen molar-refractivity contribution < 1.29 is 8.42 Å². The van der Waals surface area contributed by atoms with E-state index in [0.29, 0.717) is 12.5 Å². The summed E-state index contributed by atoms with van der Waals surface area (Å²) in [7, 11) is -3.44. The average Bonchev–Trinajstić information content (AvgIpc) is 2.53. The Morgan fingerprint density at radius 1 is 1.13 bits per heavy atom. The summed E-state index contributed by atoms with van der Waals surface area (Å²) in [6.07, 6.45) is 6.78. The molecule has 1 atom stereocenters. The van der Waals surface area contributed by atoms with Gasteiger partial charge in [-0.3, -0.25) is 0 Å². The summed E-state index contributed by atoms with van der Waals surface area (Å²) in [5.74, 6) is 0.439. The fraction of sp³-hybridized carbons (Fsp3) is 0.667. The molecule has 0 spiro atoms. The second-order valence-electron chi connectivity index (χ2n) is 7.18. The van der Waals surface area contributed by atoms with Gasteiger partial charge < -0.3 is 0 Å². The second-order valence-corrected chi connectivity index (χ2v) is 8.83. The maximum Gasteiger partial charge on any atom is 0.280 e. The first-order valence-electron chi connectivity index (χ1n) is 8.86. The topological polar surface area (TPSA) is 49.4 Å². The van der Waals surface area contributed by atoms with Crippen LogP contribution in [0.3, 0.4) is 0 Å². The molecular formula is C18H28N2O2S. The zero-order valence-electron chi connectivity index (χ0n) is 14.2. The van der Waals surface area contributed by atoms with E-state index in [9.17, 15) is 8.42 Å². The predicted octanol–water partition coefficient (Wildman–Crippen LogP) is 3.41. The largest absolute Gasteiger partial charge is 0.280 e. The molecule has 1 saturated carbocycles. The van der Waals surface area contributed by atoms with E-state index in [2.05, 4.69) is 22.9 Å². The van der Waals surface area contributed by atoms with Crippen LogP contribution in [0.4, 0.5) is 0 Å². The normalized spacial score (nSPS) is 23.9. The van der Waals surface area contributed by atoms with Gasteiger partial charge in [-0.2, -0.15) is 17.4 Å². The van der Waals surface area contributed by atoms with Crippen LogP contribution in [0, 0.1) is 5.92 Å². The second kappa shape index (κ2) is 6.91. The minimum Gasteiger partial charge on any atom is -0.200 e. The zero-order valence-corrected chi connectivity index (χ0v) is 15.0. The van der Waals surface area contributed by atoms with E-state index in [1.165, 1.54) is 30.4 Å². The quantitative estimate of drug-likeness (QED) is 0.916. The highest BCUT2D eigenvalue weighted by molar-refractivity contribution is 7.87. The van der Waals surface area contributed by atoms with Crippen LogP contribution < -0.4 is 4.72 Å². The van der Waals surface area contributed by atoms with Gasteiger partial charge in [-0.05, 0) is 50.2 Å². The third-order valence-electron chi connectivity index (χ3n) is 5.08. The number of rotatable bonds is 4. The maximum absolute atomic E-state index is 12.9. The number of hydrogen-bond acceptors (Lipinski definition) is 2. The predicted molar refractivity (Wildman–Crippen MR) is 93.4 cm³/mol. The molecule has 3 rings (SSSR count). The van der Waals surface area contributed by atoms with Gasteiger partial charge in [-0.1, -0.05) is 43.5 Å². The highest BCUT2D eigenvalue weighted by Gasteiger charge is 2.40. The fourth-order valence-corrected chi connectivity index (χ4v) is 5.80. The van der Waals surface area contributed by atoms with Gasteiger partial charge in [0.1, 0.15) is 0 Å². The molecule has 1 heterocycles. The Hall–Kier alpha value is -0.910. The first-order valence-corrected chi connectivity index (χ1v) is 10.3. The van der Waals surface area contributed by atoms with Crippen molar-refractivity contribution in [1.82, 2.24) is 9.03 Å². The Morgan fingerprint density at radius 3 is 2.52 bits per heavy atom. The number of nitrogens with zero attached hydrogens (tertiary/aromatic N) is 1. The first kappa shape index (κ1) is 16.9. The summed E-state index contributed by atoms with van der Waals surface area (Å²) in [5.41, 5.74) is 2.54. The Balaban J connectivity index is 1.98. The van der Waals surface area contributed by atoms with Crippen molar-refractivity contribution in [2.24, 2.45) is 5.92 Å². The molecule has 1 fully saturated rings. The van der Waals surface area contributed by atoms with Crippen molar-refractivity contribution in [2.45, 2.75) is 64.5 Å². The van der Waals surface area contributed by atoms with Crippen LogP contribution in [-0.4, -0.2) is 25.3 Å². The third-order valence-corrected chi connectivity index (χ3v) is 6.87. The molecular weight excluding hydrogens is 308 g/mol. The monoisotopic (exact) mass is 336 g/mol. The molecule has 1 aromatic carbocycles. The Kier molecular flexibility index (Phi) is 5.09. The third kappa shape index (κ3) is 3.62. The first-order chi connectivity index (χ1) is 11.0. The molecule has 0 bridgehead atoms. The lowest BCUT2D eigenvalue weighted by atomic mass is 9.78. The van der Waals surface area contributed by atoms with Crippen LogP contribution >= 0.6 is 0 Å². The van der Waals surface area contributed by atoms with E-state index in [4.69, 9.17) is 0 Å². The average molecular weight is 337 g/mol. The molecule has 2 aliphatic rings. The van der Waals surface area contributed by atoms with Crippen LogP contribution in [0.15, 0.2) is 24.3 Å². The van der Waals surface area contributed by atoms with Gasteiger partial charge in [0.05, 0.1) is 6.04 Å². The number of hydrogen-bond donors (Lipinski definition) is 1. The smallest absolute Gasteiger partial charge is 0.200 e. The van der Waals surface area contributed by atoms with Gasteiger partial charge in [-0.25, -0.2) is 0 Å². The molecule has 0 saturated heterocycles. The molecule has 0 radical (unpaired) electrons. The van der Waals surface area contributed by atoms with E-state index >= 15 is 0 Å². The number of nitrogens with one attached hydrogen (secondary N) is 1. The van der Waals surface area contributed by atoms with Crippen molar-refractivity contribution >= 4 is 10.2 Å². The van der Waals surface area contributed by atoms with E-state index in [1.807, 2.05) is 19.9 Å². The summed E-state index contributed by atoms with van der Waals surface area (Å²) in [6.45, 7) is 4.34. The van der Waals surface area contributed by atoms with Crippen LogP contribution in [0.2, 0.25) is 0 Å². The summed E-state index contributed by atoms with van der Waals surface area (Å²) in [6, 6.07) is 8.31. The van der Waals surface area contributed by atoms with Crippen molar-refractivity contribution in [3.63, 3.8) is 0 Å². The highest BCUT2D eigenvalue weighted by Crippen LogP contribution is 2.42. The molecule has 4 nitrogen and oxygen atoms in total. The molecule has 128 valence electrons. The molecule has 0 amide bonds. The van der Waals surface area contributed by atoms with E-state index < -0.39 is 10.2 Å². The van der Waals surface area contributed by atoms with Gasteiger partial charge in [0, 0.05) is 12.6 Å². The number of fused-ring (bicyclic) bond motifs is 1. The summed E-state index contributed by atoms with van der Waals surface area (Å²) >= 11 is 0. The van der Waals surface area contributed by atoms with Crippen LogP contribution in [-0.2, 0) is 16.6 Å². The Labute approximate surface area is 140 Å². The van der Waals surface area contributed by atoms with Crippen molar-refractivity contribution in [3.8, 4) is 0 Å². The lowest BCUT2D eigenvalue weighted by Crippen LogP contribution is -2.50. The SMILES string of the molecule is CC(C)NS(=O)(=O)N1CCc2ccccc2C1C1CCCCC1. The molecule has 0 aromatic heterocycles. The molecule has 1 aliphatic heterocycles. The van der Waals surface area contributed by atoms with Gasteiger partial charge in [-0.15, -0.1) is 0 Å². The van der Waals surface area contributed by atoms with Crippen LogP contribution in [0.1, 0.15) is 63.1 Å². The summed E-state index contributed by atoms with van der Waals surface area (Å²) < 4.78 is 30.3. The fourth-order valence-electron chi connectivity index (χ4n) is 4.15. The van der Waals surface area contributed by atoms with Gasteiger partial charge in [0.2, 0.25) is 0 Å². The maximum atomic E-state index is 12.9. The van der Waals surface area contributed by atoms with Crippen molar-refractivity contribution in [3.05, 3.63) is 35.4 Å². The molecule has 1 aromatic rings. The summed E-state index contributed by atoms with van der Waals surface area (Å²) in [5, 5.41) is 0. The number of benzene rings is 1. The minimum atomic E-state index is -3.44. The van der Waals surface area contributed by atoms with E-state index in [-0.39, 0.29) is 12.1 Å². The van der Waals surface area contributed by atoms with Gasteiger partial charge in [0.25, 0.3) is 10.2 Å². The Morgan fingerprint density at radius 2 is 1.83 bits per heavy atom. The van der Waals surface area contributed by atoms with Crippen LogP contribution in [0.25, 0.3) is 0 Å². The lowest BCUT2D eigenvalue weighted by Gasteiger charge is -2.42. The molecule has 1 aliphatic carbocycles. The Bertz CT molecular complexity index is 636. The minimum absolute atomic E-state index is 0.00324. The van der Waals surface area contributed by atoms with Crippen molar-refractivity contribution in [2.75, 3.05) is 6.54 Å². The molecule has 1 unspecified atom stereocenters. The standard InChI is InChI=1S/C18H28N2O2S/c1-14(2)19-23(21,22)20-13-12-15-8-6-7-11-17(15)18(20)16-9-4-3-5-10-16/h6-8,11,14,16,18-19H,3-5,9-10,12-13H2,1-2H3. The van der Waals surface area contributed by atoms with E-state index in [1.54, 1.807) is 4.31 Å². The van der Waals surface area contributed by atoms with Gasteiger partial charge >= 0.3 is 0 Å². The van der Waals surface area contributed by atoms with Gasteiger partial charge in [0.15, 0.2) is 0 Å². The molecule has 5 heteroatoms. The summed E-state index contributed by atoms with van der Waals surface area (Å²) in [4.78, 5) is 0. The molecule has 23 heavy (non-hydrogen) atoms. The van der Waals surface area contributed by atoms with Crippen LogP contribution in [0.5, 0.6) is 0 Å². The highest BCUT2D eigenvalue weighted by atomic mass is 32.2. The zero-order chi connectivity index (χ0) is 16.4. The van der Waals surface area contributed by atoms with E-state index in [0.717, 1.165) is 19.3 Å². The lowest BCUT2D eigenvalue weighted by molar-refractivity contribution is 0.181.